The second-order valence-electron chi connectivity index (χ2n) is 6.20. The van der Waals surface area contributed by atoms with Crippen molar-refractivity contribution in [3.05, 3.63) is 72.0 Å². The van der Waals surface area contributed by atoms with E-state index in [9.17, 15) is 13.2 Å². The molecular formula is C20H16F3N5O. The first-order valence-electron chi connectivity index (χ1n) is 8.81. The number of aromatic nitrogens is 4. The second kappa shape index (κ2) is 8.17. The average Bonchev–Trinajstić information content (AvgIpc) is 3.14. The minimum atomic E-state index is -2.53. The number of rotatable bonds is 7. The SMILES string of the molecule is Fc1ccccc1-c1nnc2ccc(NCc3cccc(OCC(F)F)c3)nn12. The van der Waals surface area contributed by atoms with Crippen LogP contribution in [-0.4, -0.2) is 32.8 Å². The molecule has 2 aromatic heterocycles. The molecule has 0 unspecified atom stereocenters. The number of ether oxygens (including phenoxy) is 1. The van der Waals surface area contributed by atoms with Gasteiger partial charge in [-0.3, -0.25) is 0 Å². The minimum absolute atomic E-state index is 0.296. The van der Waals surface area contributed by atoms with Crippen LogP contribution in [0.15, 0.2) is 60.7 Å². The fourth-order valence-corrected chi connectivity index (χ4v) is 2.79. The Morgan fingerprint density at radius 1 is 1.00 bits per heavy atom. The van der Waals surface area contributed by atoms with Crippen molar-refractivity contribution in [3.8, 4) is 17.1 Å². The summed E-state index contributed by atoms with van der Waals surface area (Å²) in [5.74, 6) is 0.772. The topological polar surface area (TPSA) is 64.3 Å². The number of alkyl halides is 2. The molecule has 0 atom stereocenters. The van der Waals surface area contributed by atoms with Gasteiger partial charge in [-0.1, -0.05) is 24.3 Å². The van der Waals surface area contributed by atoms with E-state index in [0.717, 1.165) is 5.56 Å². The summed E-state index contributed by atoms with van der Waals surface area (Å²) >= 11 is 0. The Labute approximate surface area is 164 Å². The molecule has 0 aliphatic carbocycles. The number of hydrogen-bond acceptors (Lipinski definition) is 5. The van der Waals surface area contributed by atoms with Gasteiger partial charge in [0, 0.05) is 6.54 Å². The zero-order valence-electron chi connectivity index (χ0n) is 15.1. The lowest BCUT2D eigenvalue weighted by Crippen LogP contribution is -2.08. The molecule has 0 saturated carbocycles. The lowest BCUT2D eigenvalue weighted by Gasteiger charge is -2.09. The molecular weight excluding hydrogens is 383 g/mol. The summed E-state index contributed by atoms with van der Waals surface area (Å²) in [5, 5.41) is 15.6. The first kappa shape index (κ1) is 18.7. The standard InChI is InChI=1S/C20H16F3N5O/c21-16-7-2-1-6-15(16)20-26-25-19-9-8-18(27-28(19)20)24-11-13-4-3-5-14(10-13)29-12-17(22)23/h1-10,17H,11-12H2,(H,24,27). The fraction of sp³-hybridized carbons (Fsp3) is 0.150. The van der Waals surface area contributed by atoms with E-state index in [1.807, 2.05) is 6.07 Å². The Morgan fingerprint density at radius 3 is 2.69 bits per heavy atom. The highest BCUT2D eigenvalue weighted by Crippen LogP contribution is 2.21. The van der Waals surface area contributed by atoms with Gasteiger partial charge in [-0.2, -0.15) is 4.52 Å². The van der Waals surface area contributed by atoms with Gasteiger partial charge in [0.05, 0.1) is 5.56 Å². The van der Waals surface area contributed by atoms with Crippen LogP contribution in [0.3, 0.4) is 0 Å². The predicted molar refractivity (Wildman–Crippen MR) is 101 cm³/mol. The van der Waals surface area contributed by atoms with Crippen molar-refractivity contribution < 1.29 is 17.9 Å². The molecule has 6 nitrogen and oxygen atoms in total. The number of hydrogen-bond donors (Lipinski definition) is 1. The van der Waals surface area contributed by atoms with E-state index >= 15 is 0 Å². The van der Waals surface area contributed by atoms with Crippen molar-refractivity contribution in [3.63, 3.8) is 0 Å². The third-order valence-electron chi connectivity index (χ3n) is 4.13. The molecule has 4 aromatic rings. The second-order valence-corrected chi connectivity index (χ2v) is 6.20. The van der Waals surface area contributed by atoms with Crippen LogP contribution in [0.5, 0.6) is 5.75 Å². The number of nitrogens with one attached hydrogen (secondary N) is 1. The van der Waals surface area contributed by atoms with E-state index in [-0.39, 0.29) is 0 Å². The molecule has 4 rings (SSSR count). The Bertz CT molecular complexity index is 1130. The molecule has 0 radical (unpaired) electrons. The number of halogens is 3. The summed E-state index contributed by atoms with van der Waals surface area (Å²) in [4.78, 5) is 0. The third-order valence-corrected chi connectivity index (χ3v) is 4.13. The third kappa shape index (κ3) is 4.29. The highest BCUT2D eigenvalue weighted by molar-refractivity contribution is 5.60. The van der Waals surface area contributed by atoms with Gasteiger partial charge in [0.25, 0.3) is 6.43 Å². The molecule has 0 aliphatic rings. The summed E-state index contributed by atoms with van der Waals surface area (Å²) in [5.41, 5.74) is 1.61. The van der Waals surface area contributed by atoms with Crippen LogP contribution >= 0.6 is 0 Å². The number of anilines is 1. The van der Waals surface area contributed by atoms with Crippen molar-refractivity contribution in [2.75, 3.05) is 11.9 Å². The van der Waals surface area contributed by atoms with Gasteiger partial charge >= 0.3 is 0 Å². The first-order chi connectivity index (χ1) is 14.1. The van der Waals surface area contributed by atoms with Crippen LogP contribution < -0.4 is 10.1 Å². The molecule has 9 heteroatoms. The minimum Gasteiger partial charge on any atom is -0.488 e. The molecule has 0 amide bonds. The van der Waals surface area contributed by atoms with Crippen LogP contribution in [0.1, 0.15) is 5.56 Å². The van der Waals surface area contributed by atoms with Crippen LogP contribution in [0.25, 0.3) is 17.0 Å². The van der Waals surface area contributed by atoms with E-state index in [4.69, 9.17) is 4.74 Å². The van der Waals surface area contributed by atoms with E-state index in [1.54, 1.807) is 48.5 Å². The van der Waals surface area contributed by atoms with Gasteiger partial charge in [-0.05, 0) is 42.0 Å². The summed E-state index contributed by atoms with van der Waals surface area (Å²) in [7, 11) is 0. The van der Waals surface area contributed by atoms with Gasteiger partial charge in [-0.25, -0.2) is 13.2 Å². The van der Waals surface area contributed by atoms with E-state index in [2.05, 4.69) is 20.6 Å². The maximum Gasteiger partial charge on any atom is 0.272 e. The lowest BCUT2D eigenvalue weighted by molar-refractivity contribution is 0.0818. The molecule has 0 saturated heterocycles. The Kier molecular flexibility index (Phi) is 5.28. The summed E-state index contributed by atoms with van der Waals surface area (Å²) in [6.07, 6.45) is -2.53. The maximum absolute atomic E-state index is 14.1. The highest BCUT2D eigenvalue weighted by Gasteiger charge is 2.13. The highest BCUT2D eigenvalue weighted by atomic mass is 19.3. The fourth-order valence-electron chi connectivity index (χ4n) is 2.79. The molecule has 0 fully saturated rings. The van der Waals surface area contributed by atoms with Crippen molar-refractivity contribution in [1.29, 1.82) is 0 Å². The van der Waals surface area contributed by atoms with Gasteiger partial charge in [0.2, 0.25) is 0 Å². The molecule has 29 heavy (non-hydrogen) atoms. The molecule has 1 N–H and O–H groups in total. The van der Waals surface area contributed by atoms with E-state index < -0.39 is 18.8 Å². The van der Waals surface area contributed by atoms with Crippen LogP contribution in [0.2, 0.25) is 0 Å². The number of nitrogens with zero attached hydrogens (tertiary/aromatic N) is 4. The molecule has 2 aromatic carbocycles. The summed E-state index contributed by atoms with van der Waals surface area (Å²) in [6, 6.07) is 16.6. The quantitative estimate of drug-likeness (QED) is 0.505. The largest absolute Gasteiger partial charge is 0.488 e. The smallest absolute Gasteiger partial charge is 0.272 e. The Hall–Kier alpha value is -3.62. The molecule has 0 bridgehead atoms. The predicted octanol–water partition coefficient (Wildman–Crippen LogP) is 4.19. The zero-order chi connectivity index (χ0) is 20.2. The van der Waals surface area contributed by atoms with E-state index in [1.165, 1.54) is 10.6 Å². The van der Waals surface area contributed by atoms with Crippen LogP contribution in [0.4, 0.5) is 19.0 Å². The molecule has 0 aliphatic heterocycles. The van der Waals surface area contributed by atoms with Crippen molar-refractivity contribution in [2.45, 2.75) is 13.0 Å². The van der Waals surface area contributed by atoms with Crippen molar-refractivity contribution in [2.24, 2.45) is 0 Å². The Morgan fingerprint density at radius 2 is 1.86 bits per heavy atom. The summed E-state index contributed by atoms with van der Waals surface area (Å²) < 4.78 is 45.2. The van der Waals surface area contributed by atoms with Crippen molar-refractivity contribution in [1.82, 2.24) is 19.8 Å². The van der Waals surface area contributed by atoms with Crippen LogP contribution in [-0.2, 0) is 6.54 Å². The Balaban J connectivity index is 1.53. The number of benzene rings is 2. The van der Waals surface area contributed by atoms with Gasteiger partial charge in [0.1, 0.15) is 24.0 Å². The lowest BCUT2D eigenvalue weighted by atomic mass is 10.2. The van der Waals surface area contributed by atoms with Gasteiger partial charge in [-0.15, -0.1) is 15.3 Å². The molecule has 2 heterocycles. The number of fused-ring (bicyclic) bond motifs is 1. The maximum atomic E-state index is 14.1. The van der Waals surface area contributed by atoms with Gasteiger partial charge < -0.3 is 10.1 Å². The molecule has 0 spiro atoms. The average molecular weight is 399 g/mol. The van der Waals surface area contributed by atoms with Crippen molar-refractivity contribution >= 4 is 11.5 Å². The summed E-state index contributed by atoms with van der Waals surface area (Å²) in [6.45, 7) is -0.261. The monoisotopic (exact) mass is 399 g/mol. The van der Waals surface area contributed by atoms with Crippen LogP contribution in [0, 0.1) is 5.82 Å². The van der Waals surface area contributed by atoms with E-state index in [0.29, 0.717) is 35.1 Å². The first-order valence-corrected chi connectivity index (χ1v) is 8.81. The normalized spacial score (nSPS) is 11.2. The van der Waals surface area contributed by atoms with Gasteiger partial charge in [0.15, 0.2) is 11.5 Å². The zero-order valence-corrected chi connectivity index (χ0v) is 15.1. The molecule has 148 valence electrons.